The van der Waals surface area contributed by atoms with Gasteiger partial charge in [0.2, 0.25) is 5.91 Å². The van der Waals surface area contributed by atoms with Crippen LogP contribution in [0.15, 0.2) is 49.1 Å². The Morgan fingerprint density at radius 3 is 2.54 bits per heavy atom. The van der Waals surface area contributed by atoms with Gasteiger partial charge in [0, 0.05) is 6.54 Å². The van der Waals surface area contributed by atoms with Crippen molar-refractivity contribution in [2.45, 2.75) is 77.4 Å². The lowest BCUT2D eigenvalue weighted by Gasteiger charge is -2.30. The van der Waals surface area contributed by atoms with Gasteiger partial charge in [-0.25, -0.2) is 5.32 Å². The summed E-state index contributed by atoms with van der Waals surface area (Å²) in [6, 6.07) is 7.38. The molecule has 2 heterocycles. The molecule has 0 radical (unpaired) electrons. The Morgan fingerprint density at radius 1 is 1.05 bits per heavy atom. The van der Waals surface area contributed by atoms with Crippen LogP contribution in [0, 0.1) is 11.8 Å². The van der Waals surface area contributed by atoms with Gasteiger partial charge in [0.05, 0.1) is 30.9 Å². The average molecular weight is 507 g/mol. The summed E-state index contributed by atoms with van der Waals surface area (Å²) in [5.74, 6) is -0.160. The summed E-state index contributed by atoms with van der Waals surface area (Å²) in [6.07, 6.45) is 12.3. The Morgan fingerprint density at radius 2 is 1.78 bits per heavy atom. The summed E-state index contributed by atoms with van der Waals surface area (Å²) in [7, 11) is 0. The molecule has 1 aromatic heterocycles. The summed E-state index contributed by atoms with van der Waals surface area (Å²) in [5, 5.41) is 6.14. The quantitative estimate of drug-likeness (QED) is 0.537. The van der Waals surface area contributed by atoms with Gasteiger partial charge >= 0.3 is 6.03 Å². The summed E-state index contributed by atoms with van der Waals surface area (Å²) in [5.41, 5.74) is 2.64. The van der Waals surface area contributed by atoms with Crippen molar-refractivity contribution in [1.82, 2.24) is 20.5 Å². The van der Waals surface area contributed by atoms with Crippen molar-refractivity contribution in [3.63, 3.8) is 0 Å². The fraction of sp³-hybridized carbons (Fsp3) is 0.552. The maximum absolute atomic E-state index is 13.5. The molecule has 2 amide bonds. The number of aromatic nitrogens is 2. The molecule has 2 aliphatic rings. The van der Waals surface area contributed by atoms with Gasteiger partial charge in [-0.05, 0) is 62.1 Å². The van der Waals surface area contributed by atoms with Gasteiger partial charge in [-0.1, -0.05) is 44.5 Å². The molecule has 1 aliphatic carbocycles. The molecule has 0 spiro atoms. The number of nitrogens with zero attached hydrogens (tertiary/aromatic N) is 3. The third kappa shape index (κ3) is 7.44. The fourth-order valence-electron chi connectivity index (χ4n) is 5.56. The molecule has 8 heteroatoms. The van der Waals surface area contributed by atoms with Crippen LogP contribution in [0.2, 0.25) is 0 Å². The van der Waals surface area contributed by atoms with E-state index in [2.05, 4.69) is 58.6 Å². The predicted octanol–water partition coefficient (Wildman–Crippen LogP) is 3.03. The second kappa shape index (κ2) is 12.9. The number of rotatable bonds is 8. The molecule has 1 fully saturated rings. The molecule has 2 N–H and O–H groups in total. The molecule has 1 saturated carbocycles. The highest BCUT2D eigenvalue weighted by Crippen LogP contribution is 2.25. The van der Waals surface area contributed by atoms with Crippen LogP contribution in [0.5, 0.6) is 0 Å². The average Bonchev–Trinajstić information content (AvgIpc) is 3.10. The topological polar surface area (TPSA) is 95.3 Å². The Labute approximate surface area is 219 Å². The molecule has 2 aromatic rings. The van der Waals surface area contributed by atoms with Crippen molar-refractivity contribution in [1.29, 1.82) is 0 Å². The fourth-order valence-corrected chi connectivity index (χ4v) is 5.56. The van der Waals surface area contributed by atoms with Gasteiger partial charge in [0.15, 0.2) is 5.78 Å². The zero-order valence-corrected chi connectivity index (χ0v) is 22.1. The normalized spacial score (nSPS) is 20.9. The molecule has 3 atom stereocenters. The number of Topliss-reactive ketones (excluding diaryl/α,β-unsaturated/α-hetero) is 1. The number of carbonyl (C=O) groups excluding carboxylic acids is 3. The molecule has 1 aromatic carbocycles. The molecule has 0 bridgehead atoms. The summed E-state index contributed by atoms with van der Waals surface area (Å²) >= 11 is 0. The summed E-state index contributed by atoms with van der Waals surface area (Å²) < 4.78 is 1.43. The molecule has 37 heavy (non-hydrogen) atoms. The highest BCUT2D eigenvalue weighted by atomic mass is 16.2. The van der Waals surface area contributed by atoms with E-state index in [4.69, 9.17) is 0 Å². The van der Waals surface area contributed by atoms with Crippen molar-refractivity contribution < 1.29 is 19.0 Å². The van der Waals surface area contributed by atoms with Crippen LogP contribution < -0.4 is 15.2 Å². The number of benzene rings is 1. The first-order chi connectivity index (χ1) is 17.9. The second-order valence-corrected chi connectivity index (χ2v) is 10.8. The highest BCUT2D eigenvalue weighted by molar-refractivity contribution is 5.91. The Balaban J connectivity index is 1.40. The Hall–Kier alpha value is -3.13. The van der Waals surface area contributed by atoms with Crippen LogP contribution in [0.25, 0.3) is 0 Å². The summed E-state index contributed by atoms with van der Waals surface area (Å²) in [4.78, 5) is 45.9. The lowest BCUT2D eigenvalue weighted by molar-refractivity contribution is -0.573. The van der Waals surface area contributed by atoms with E-state index in [0.29, 0.717) is 19.4 Å². The molecule has 0 unspecified atom stereocenters. The third-order valence-corrected chi connectivity index (χ3v) is 7.50. The van der Waals surface area contributed by atoms with Crippen molar-refractivity contribution in [3.05, 3.63) is 60.2 Å². The van der Waals surface area contributed by atoms with E-state index in [1.54, 1.807) is 24.8 Å². The molecule has 198 valence electrons. The Bertz CT molecular complexity index is 1070. The van der Waals surface area contributed by atoms with E-state index >= 15 is 0 Å². The maximum Gasteiger partial charge on any atom is 0.496 e. The van der Waals surface area contributed by atoms with Crippen LogP contribution in [-0.4, -0.2) is 52.8 Å². The van der Waals surface area contributed by atoms with E-state index in [1.807, 2.05) is 0 Å². The number of amides is 2. The highest BCUT2D eigenvalue weighted by Gasteiger charge is 2.37. The van der Waals surface area contributed by atoms with Crippen LogP contribution in [0.1, 0.15) is 63.5 Å². The number of ketones is 1. The molecule has 4 rings (SSSR count). The monoisotopic (exact) mass is 506 g/mol. The van der Waals surface area contributed by atoms with Gasteiger partial charge in [0.25, 0.3) is 0 Å². The van der Waals surface area contributed by atoms with E-state index < -0.39 is 6.04 Å². The minimum absolute atomic E-state index is 0.0603. The first-order valence-corrected chi connectivity index (χ1v) is 13.6. The zero-order valence-electron chi connectivity index (χ0n) is 22.1. The minimum Gasteiger partial charge on any atom is -0.346 e. The first kappa shape index (κ1) is 26.9. The number of hydrogen-bond acceptors (Lipinski definition) is 5. The van der Waals surface area contributed by atoms with Crippen molar-refractivity contribution in [2.24, 2.45) is 11.8 Å². The summed E-state index contributed by atoms with van der Waals surface area (Å²) in [6.45, 7) is 6.10. The molecule has 0 saturated heterocycles. The third-order valence-electron chi connectivity index (χ3n) is 7.50. The smallest absolute Gasteiger partial charge is 0.346 e. The van der Waals surface area contributed by atoms with Crippen LogP contribution in [0.3, 0.4) is 0 Å². The van der Waals surface area contributed by atoms with Crippen molar-refractivity contribution in [2.75, 3.05) is 13.1 Å². The molecule has 1 aliphatic heterocycles. The second-order valence-electron chi connectivity index (χ2n) is 10.8. The van der Waals surface area contributed by atoms with E-state index in [9.17, 15) is 14.4 Å². The van der Waals surface area contributed by atoms with Gasteiger partial charge < -0.3 is 5.32 Å². The van der Waals surface area contributed by atoms with Gasteiger partial charge in [-0.2, -0.15) is 9.36 Å². The van der Waals surface area contributed by atoms with E-state index in [0.717, 1.165) is 45.2 Å². The molecular weight excluding hydrogens is 466 g/mol. The molecular formula is C29H40N5O3+. The predicted molar refractivity (Wildman–Crippen MR) is 141 cm³/mol. The van der Waals surface area contributed by atoms with Gasteiger partial charge in [-0.15, -0.1) is 0 Å². The van der Waals surface area contributed by atoms with Crippen molar-refractivity contribution >= 4 is 17.7 Å². The minimum atomic E-state index is -0.529. The number of carbonyl (C=O) groups is 3. The van der Waals surface area contributed by atoms with Crippen LogP contribution >= 0.6 is 0 Å². The van der Waals surface area contributed by atoms with E-state index in [-0.39, 0.29) is 35.6 Å². The largest absolute Gasteiger partial charge is 0.496 e. The number of aryl methyl sites for hydroxylation is 1. The van der Waals surface area contributed by atoms with Crippen molar-refractivity contribution in [3.8, 4) is 0 Å². The van der Waals surface area contributed by atoms with Crippen LogP contribution in [0.4, 0.5) is 4.79 Å². The SMILES string of the molecule is CC(C)C[C@H](NC(=O)[C@@H]1CCCC[C@@H]1NC(=O)[n+]1ccncc1)C(=O)CN1CCCc2ccccc2C1. The Kier molecular flexibility index (Phi) is 9.39. The maximum atomic E-state index is 13.5. The number of hydrogen-bond donors (Lipinski definition) is 2. The number of fused-ring (bicyclic) bond motifs is 1. The van der Waals surface area contributed by atoms with E-state index in [1.165, 1.54) is 15.7 Å². The standard InChI is InChI=1S/C29H39N5O3/c1-21(2)18-26(27(35)20-33-15-7-10-22-8-3-4-9-23(22)19-33)31-28(36)24-11-5-6-12-25(24)32-29(37)34-16-13-30-14-17-34/h3-4,8-9,13-14,16-17,21,24-26H,5-7,10-12,15,18-20H2,1-2H3,(H-,31,32,36,37)/p+1/t24-,25+,26+/m1/s1. The first-order valence-electron chi connectivity index (χ1n) is 13.6. The zero-order chi connectivity index (χ0) is 26.2. The lowest BCUT2D eigenvalue weighted by atomic mass is 9.83. The lowest BCUT2D eigenvalue weighted by Crippen LogP contribution is -2.58. The molecule has 8 nitrogen and oxygen atoms in total. The van der Waals surface area contributed by atoms with Crippen LogP contribution in [-0.2, 0) is 22.6 Å². The number of nitrogens with one attached hydrogen (secondary N) is 2. The van der Waals surface area contributed by atoms with Gasteiger partial charge in [0.1, 0.15) is 18.4 Å². The van der Waals surface area contributed by atoms with Gasteiger partial charge in [-0.3, -0.25) is 19.5 Å².